The number of rotatable bonds is 5. The number of nitrogens with one attached hydrogen (secondary N) is 1. The fraction of sp³-hybridized carbons (Fsp3) is 0.227. The van der Waals surface area contributed by atoms with Crippen LogP contribution in [0.25, 0.3) is 20.8 Å². The molecule has 4 aromatic rings. The third-order valence-corrected chi connectivity index (χ3v) is 6.95. The lowest BCUT2D eigenvalue weighted by Crippen LogP contribution is -2.36. The van der Waals surface area contributed by atoms with Crippen molar-refractivity contribution in [1.29, 1.82) is 0 Å². The minimum absolute atomic E-state index is 0.131. The number of aromatic nitrogens is 2. The zero-order chi connectivity index (χ0) is 21.2. The Bertz CT molecular complexity index is 1220. The molecule has 2 aromatic carbocycles. The Labute approximate surface area is 186 Å². The Morgan fingerprint density at radius 2 is 1.94 bits per heavy atom. The number of fused-ring (bicyclic) bond motifs is 1. The van der Waals surface area contributed by atoms with Gasteiger partial charge in [-0.25, -0.2) is 14.4 Å². The van der Waals surface area contributed by atoms with Crippen LogP contribution in [0.3, 0.4) is 0 Å². The van der Waals surface area contributed by atoms with E-state index in [1.807, 2.05) is 23.6 Å². The number of hydrogen-bond acceptors (Lipinski definition) is 7. The number of carbonyl (C=O) groups excluding carboxylic acids is 1. The summed E-state index contributed by atoms with van der Waals surface area (Å²) in [5.41, 5.74) is 3.19. The van der Waals surface area contributed by atoms with Crippen LogP contribution >= 0.6 is 22.7 Å². The summed E-state index contributed by atoms with van der Waals surface area (Å²) in [5.74, 6) is -0.414. The molecule has 0 aliphatic carbocycles. The predicted molar refractivity (Wildman–Crippen MR) is 122 cm³/mol. The Morgan fingerprint density at radius 3 is 2.74 bits per heavy atom. The van der Waals surface area contributed by atoms with Crippen molar-refractivity contribution >= 4 is 49.6 Å². The number of carbonyl (C=O) groups is 1. The van der Waals surface area contributed by atoms with Crippen molar-refractivity contribution in [2.24, 2.45) is 0 Å². The first-order valence-corrected chi connectivity index (χ1v) is 11.6. The molecule has 0 spiro atoms. The van der Waals surface area contributed by atoms with Gasteiger partial charge in [-0.15, -0.1) is 11.3 Å². The molecule has 0 atom stereocenters. The first kappa shape index (κ1) is 20.0. The number of amides is 1. The third kappa shape index (κ3) is 4.58. The van der Waals surface area contributed by atoms with Crippen LogP contribution in [0.15, 0.2) is 47.8 Å². The Hall–Kier alpha value is -2.88. The molecule has 0 radical (unpaired) electrons. The van der Waals surface area contributed by atoms with E-state index in [4.69, 9.17) is 9.72 Å². The van der Waals surface area contributed by atoms with E-state index in [0.717, 1.165) is 57.9 Å². The highest BCUT2D eigenvalue weighted by Gasteiger charge is 2.16. The number of morpholine rings is 1. The number of anilines is 2. The van der Waals surface area contributed by atoms with Gasteiger partial charge in [0, 0.05) is 29.7 Å². The monoisotopic (exact) mass is 454 g/mol. The average molecular weight is 455 g/mol. The van der Waals surface area contributed by atoms with Gasteiger partial charge in [0.15, 0.2) is 5.13 Å². The van der Waals surface area contributed by atoms with E-state index in [2.05, 4.69) is 15.2 Å². The minimum Gasteiger partial charge on any atom is -0.378 e. The van der Waals surface area contributed by atoms with Crippen molar-refractivity contribution in [3.05, 3.63) is 59.4 Å². The molecule has 1 aliphatic heterocycles. The van der Waals surface area contributed by atoms with E-state index in [0.29, 0.717) is 5.69 Å². The predicted octanol–water partition coefficient (Wildman–Crippen LogP) is 4.58. The van der Waals surface area contributed by atoms with Crippen LogP contribution in [0, 0.1) is 5.82 Å². The second-order valence-electron chi connectivity index (χ2n) is 7.15. The molecule has 3 heterocycles. The number of benzene rings is 2. The topological polar surface area (TPSA) is 67.4 Å². The van der Waals surface area contributed by atoms with Gasteiger partial charge in [-0.1, -0.05) is 11.3 Å². The highest BCUT2D eigenvalue weighted by Crippen LogP contribution is 2.31. The summed E-state index contributed by atoms with van der Waals surface area (Å²) in [5, 5.41) is 6.56. The second kappa shape index (κ2) is 8.70. The summed E-state index contributed by atoms with van der Waals surface area (Å²) < 4.78 is 19.5. The maximum Gasteiger partial charge on any atom is 0.230 e. The van der Waals surface area contributed by atoms with E-state index in [9.17, 15) is 9.18 Å². The molecular formula is C22H19FN4O2S2. The zero-order valence-corrected chi connectivity index (χ0v) is 18.1. The molecular weight excluding hydrogens is 435 g/mol. The van der Waals surface area contributed by atoms with Gasteiger partial charge in [0.2, 0.25) is 5.91 Å². The maximum atomic E-state index is 13.1. The van der Waals surface area contributed by atoms with Gasteiger partial charge in [-0.3, -0.25) is 4.79 Å². The summed E-state index contributed by atoms with van der Waals surface area (Å²) in [6.07, 6.45) is 0.178. The average Bonchev–Trinajstić information content (AvgIpc) is 3.41. The summed E-state index contributed by atoms with van der Waals surface area (Å²) in [6.45, 7) is 3.13. The fourth-order valence-corrected chi connectivity index (χ4v) is 5.25. The number of hydrogen-bond donors (Lipinski definition) is 1. The van der Waals surface area contributed by atoms with Gasteiger partial charge in [-0.05, 0) is 42.5 Å². The van der Waals surface area contributed by atoms with Crippen LogP contribution in [-0.2, 0) is 16.0 Å². The van der Waals surface area contributed by atoms with Crippen molar-refractivity contribution in [3.63, 3.8) is 0 Å². The maximum absolute atomic E-state index is 13.1. The van der Waals surface area contributed by atoms with Crippen molar-refractivity contribution in [3.8, 4) is 10.6 Å². The van der Waals surface area contributed by atoms with E-state index < -0.39 is 0 Å². The normalized spacial score (nSPS) is 14.2. The van der Waals surface area contributed by atoms with Crippen LogP contribution in [0.4, 0.5) is 15.2 Å². The van der Waals surface area contributed by atoms with Gasteiger partial charge in [0.25, 0.3) is 0 Å². The first-order chi connectivity index (χ1) is 15.1. The van der Waals surface area contributed by atoms with Gasteiger partial charge in [-0.2, -0.15) is 0 Å². The third-order valence-electron chi connectivity index (χ3n) is 4.93. The smallest absolute Gasteiger partial charge is 0.230 e. The Balaban J connectivity index is 1.25. The largest absolute Gasteiger partial charge is 0.378 e. The van der Waals surface area contributed by atoms with Crippen LogP contribution in [-0.4, -0.2) is 42.2 Å². The number of halogens is 1. The molecule has 5 rings (SSSR count). The molecule has 1 aliphatic rings. The molecule has 1 fully saturated rings. The number of thiazole rings is 2. The molecule has 6 nitrogen and oxygen atoms in total. The zero-order valence-electron chi connectivity index (χ0n) is 16.5. The van der Waals surface area contributed by atoms with Crippen LogP contribution in [0.5, 0.6) is 0 Å². The molecule has 158 valence electrons. The number of nitrogens with zero attached hydrogens (tertiary/aromatic N) is 3. The molecule has 0 bridgehead atoms. The van der Waals surface area contributed by atoms with Gasteiger partial charge >= 0.3 is 0 Å². The molecule has 1 amide bonds. The molecule has 0 saturated carbocycles. The van der Waals surface area contributed by atoms with E-state index in [1.54, 1.807) is 23.5 Å². The summed E-state index contributed by atoms with van der Waals surface area (Å²) in [7, 11) is 0. The summed E-state index contributed by atoms with van der Waals surface area (Å²) in [6, 6.07) is 11.9. The van der Waals surface area contributed by atoms with Gasteiger partial charge in [0.05, 0.1) is 35.5 Å². The van der Waals surface area contributed by atoms with Crippen LogP contribution < -0.4 is 10.2 Å². The molecule has 0 unspecified atom stereocenters. The van der Waals surface area contributed by atoms with Crippen molar-refractivity contribution < 1.29 is 13.9 Å². The van der Waals surface area contributed by atoms with E-state index in [-0.39, 0.29) is 18.1 Å². The molecule has 2 aromatic heterocycles. The highest BCUT2D eigenvalue weighted by atomic mass is 32.1. The molecule has 1 saturated heterocycles. The van der Waals surface area contributed by atoms with E-state index >= 15 is 0 Å². The summed E-state index contributed by atoms with van der Waals surface area (Å²) in [4.78, 5) is 24.0. The van der Waals surface area contributed by atoms with Crippen molar-refractivity contribution in [1.82, 2.24) is 9.97 Å². The van der Waals surface area contributed by atoms with E-state index in [1.165, 1.54) is 23.5 Å². The van der Waals surface area contributed by atoms with Crippen molar-refractivity contribution in [2.45, 2.75) is 6.42 Å². The summed E-state index contributed by atoms with van der Waals surface area (Å²) >= 11 is 3.06. The standard InChI is InChI=1S/C22H19FN4O2S2/c23-15-3-1-14(2-4-15)21-25-17(13-30-21)12-20(28)24-16-5-6-18-19(11-16)31-22(26-18)27-7-9-29-10-8-27/h1-6,11,13H,7-10,12H2,(H,24,28). The van der Waals surface area contributed by atoms with Gasteiger partial charge < -0.3 is 15.0 Å². The lowest BCUT2D eigenvalue weighted by atomic mass is 10.2. The second-order valence-corrected chi connectivity index (χ2v) is 9.02. The Kier molecular flexibility index (Phi) is 5.63. The highest BCUT2D eigenvalue weighted by molar-refractivity contribution is 7.22. The quantitative estimate of drug-likeness (QED) is 0.478. The minimum atomic E-state index is -0.283. The first-order valence-electron chi connectivity index (χ1n) is 9.87. The lowest BCUT2D eigenvalue weighted by molar-refractivity contribution is -0.115. The van der Waals surface area contributed by atoms with Crippen molar-refractivity contribution in [2.75, 3.05) is 36.5 Å². The van der Waals surface area contributed by atoms with Gasteiger partial charge in [0.1, 0.15) is 10.8 Å². The Morgan fingerprint density at radius 1 is 1.13 bits per heavy atom. The fourth-order valence-electron chi connectivity index (χ4n) is 3.36. The van der Waals surface area contributed by atoms with Crippen LogP contribution in [0.1, 0.15) is 5.69 Å². The number of ether oxygens (including phenoxy) is 1. The SMILES string of the molecule is O=C(Cc1csc(-c2ccc(F)cc2)n1)Nc1ccc2nc(N3CCOCC3)sc2c1. The molecule has 31 heavy (non-hydrogen) atoms. The lowest BCUT2D eigenvalue weighted by Gasteiger charge is -2.25. The van der Waals surface area contributed by atoms with Crippen LogP contribution in [0.2, 0.25) is 0 Å². The molecule has 1 N–H and O–H groups in total. The molecule has 9 heteroatoms.